The van der Waals surface area contributed by atoms with Crippen molar-refractivity contribution in [1.82, 2.24) is 9.78 Å². The number of ether oxygens (including phenoxy) is 1. The number of nitrogens with two attached hydrogens (primary N) is 1. The SMILES string of the molecule is CCn1ncc2cc(Oc3ccc(F)cc3CN)ccc21. The maximum Gasteiger partial charge on any atom is 0.132 e. The van der Waals surface area contributed by atoms with Gasteiger partial charge in [0.25, 0.3) is 0 Å². The van der Waals surface area contributed by atoms with Gasteiger partial charge in [0.1, 0.15) is 17.3 Å². The third-order valence-corrected chi connectivity index (χ3v) is 3.38. The average molecular weight is 285 g/mol. The molecule has 0 atom stereocenters. The maximum absolute atomic E-state index is 13.2. The minimum absolute atomic E-state index is 0.225. The van der Waals surface area contributed by atoms with Crippen molar-refractivity contribution in [3.8, 4) is 11.5 Å². The Kier molecular flexibility index (Phi) is 3.58. The van der Waals surface area contributed by atoms with E-state index in [1.54, 1.807) is 12.3 Å². The van der Waals surface area contributed by atoms with E-state index in [2.05, 4.69) is 5.10 Å². The molecule has 0 saturated carbocycles. The zero-order valence-electron chi connectivity index (χ0n) is 11.7. The molecule has 2 aromatic carbocycles. The van der Waals surface area contributed by atoms with Crippen LogP contribution < -0.4 is 10.5 Å². The van der Waals surface area contributed by atoms with Crippen molar-refractivity contribution in [1.29, 1.82) is 0 Å². The van der Waals surface area contributed by atoms with Crippen LogP contribution in [0, 0.1) is 5.82 Å². The molecule has 0 spiro atoms. The summed E-state index contributed by atoms with van der Waals surface area (Å²) in [6, 6.07) is 10.1. The number of aromatic nitrogens is 2. The molecule has 5 heteroatoms. The van der Waals surface area contributed by atoms with Crippen LogP contribution in [-0.2, 0) is 13.1 Å². The fourth-order valence-electron chi connectivity index (χ4n) is 2.31. The number of halogens is 1. The van der Waals surface area contributed by atoms with E-state index < -0.39 is 0 Å². The Morgan fingerprint density at radius 3 is 2.86 bits per heavy atom. The zero-order valence-corrected chi connectivity index (χ0v) is 11.7. The van der Waals surface area contributed by atoms with Crippen molar-refractivity contribution in [2.24, 2.45) is 5.73 Å². The first-order chi connectivity index (χ1) is 10.2. The summed E-state index contributed by atoms with van der Waals surface area (Å²) in [5.41, 5.74) is 7.32. The molecule has 0 aliphatic heterocycles. The molecule has 0 bridgehead atoms. The molecule has 108 valence electrons. The molecule has 1 aromatic heterocycles. The molecule has 4 nitrogen and oxygen atoms in total. The molecule has 3 rings (SSSR count). The van der Waals surface area contributed by atoms with Gasteiger partial charge in [0.15, 0.2) is 0 Å². The second kappa shape index (κ2) is 5.54. The summed E-state index contributed by atoms with van der Waals surface area (Å²) < 4.78 is 20.9. The van der Waals surface area contributed by atoms with E-state index in [-0.39, 0.29) is 12.4 Å². The van der Waals surface area contributed by atoms with Crippen molar-refractivity contribution in [3.05, 3.63) is 54.0 Å². The van der Waals surface area contributed by atoms with E-state index in [1.807, 2.05) is 29.8 Å². The highest BCUT2D eigenvalue weighted by Crippen LogP contribution is 2.28. The number of hydrogen-bond acceptors (Lipinski definition) is 3. The van der Waals surface area contributed by atoms with Crippen LogP contribution in [0.15, 0.2) is 42.6 Å². The topological polar surface area (TPSA) is 53.1 Å². The fraction of sp³-hybridized carbons (Fsp3) is 0.188. The summed E-state index contributed by atoms with van der Waals surface area (Å²) in [5.74, 6) is 0.933. The molecule has 2 N–H and O–H groups in total. The first kappa shape index (κ1) is 13.6. The van der Waals surface area contributed by atoms with Gasteiger partial charge >= 0.3 is 0 Å². The molecule has 0 saturated heterocycles. The normalized spacial score (nSPS) is 11.0. The van der Waals surface area contributed by atoms with Crippen LogP contribution in [0.2, 0.25) is 0 Å². The third kappa shape index (κ3) is 2.60. The monoisotopic (exact) mass is 285 g/mol. The number of benzene rings is 2. The van der Waals surface area contributed by atoms with Crippen molar-refractivity contribution < 1.29 is 9.13 Å². The number of aryl methyl sites for hydroxylation is 1. The molecule has 3 aromatic rings. The minimum atomic E-state index is -0.317. The van der Waals surface area contributed by atoms with Crippen LogP contribution in [-0.4, -0.2) is 9.78 Å². The van der Waals surface area contributed by atoms with E-state index >= 15 is 0 Å². The highest BCUT2D eigenvalue weighted by atomic mass is 19.1. The Balaban J connectivity index is 1.95. The smallest absolute Gasteiger partial charge is 0.132 e. The maximum atomic E-state index is 13.2. The number of rotatable bonds is 4. The summed E-state index contributed by atoms with van der Waals surface area (Å²) in [6.07, 6.45) is 1.81. The van der Waals surface area contributed by atoms with Crippen LogP contribution in [0.3, 0.4) is 0 Å². The summed E-state index contributed by atoms with van der Waals surface area (Å²) in [7, 11) is 0. The van der Waals surface area contributed by atoms with Crippen LogP contribution in [0.25, 0.3) is 10.9 Å². The molecule has 0 unspecified atom stereocenters. The molecular weight excluding hydrogens is 269 g/mol. The molecule has 0 radical (unpaired) electrons. The van der Waals surface area contributed by atoms with Crippen molar-refractivity contribution >= 4 is 10.9 Å². The second-order valence-electron chi connectivity index (χ2n) is 4.74. The number of nitrogens with zero attached hydrogens (tertiary/aromatic N) is 2. The quantitative estimate of drug-likeness (QED) is 0.798. The van der Waals surface area contributed by atoms with Gasteiger partial charge in [-0.3, -0.25) is 4.68 Å². The van der Waals surface area contributed by atoms with Gasteiger partial charge < -0.3 is 10.5 Å². The van der Waals surface area contributed by atoms with Gasteiger partial charge in [0.2, 0.25) is 0 Å². The molecule has 0 aliphatic carbocycles. The molecule has 21 heavy (non-hydrogen) atoms. The van der Waals surface area contributed by atoms with Gasteiger partial charge in [-0.2, -0.15) is 5.10 Å². The predicted molar refractivity (Wildman–Crippen MR) is 79.8 cm³/mol. The molecular formula is C16H16FN3O. The minimum Gasteiger partial charge on any atom is -0.457 e. The Morgan fingerprint density at radius 2 is 2.10 bits per heavy atom. The standard InChI is InChI=1S/C16H16FN3O/c1-2-20-15-5-4-14(8-12(15)10-19-20)21-16-6-3-13(17)7-11(16)9-18/h3-8,10H,2,9,18H2,1H3. The van der Waals surface area contributed by atoms with Gasteiger partial charge in [-0.15, -0.1) is 0 Å². The Hall–Kier alpha value is -2.40. The van der Waals surface area contributed by atoms with Crippen LogP contribution in [0.5, 0.6) is 11.5 Å². The summed E-state index contributed by atoms with van der Waals surface area (Å²) >= 11 is 0. The summed E-state index contributed by atoms with van der Waals surface area (Å²) in [4.78, 5) is 0. The molecule has 0 fully saturated rings. The summed E-state index contributed by atoms with van der Waals surface area (Å²) in [5, 5.41) is 5.30. The van der Waals surface area contributed by atoms with E-state index in [9.17, 15) is 4.39 Å². The van der Waals surface area contributed by atoms with Crippen LogP contribution >= 0.6 is 0 Å². The lowest BCUT2D eigenvalue weighted by molar-refractivity contribution is 0.474. The van der Waals surface area contributed by atoms with Gasteiger partial charge in [-0.25, -0.2) is 4.39 Å². The second-order valence-corrected chi connectivity index (χ2v) is 4.74. The average Bonchev–Trinajstić information content (AvgIpc) is 2.91. The van der Waals surface area contributed by atoms with Crippen molar-refractivity contribution in [2.75, 3.05) is 0 Å². The Bertz CT molecular complexity index is 782. The van der Waals surface area contributed by atoms with Gasteiger partial charge in [0.05, 0.1) is 11.7 Å². The fourth-order valence-corrected chi connectivity index (χ4v) is 2.31. The van der Waals surface area contributed by atoms with Gasteiger partial charge in [-0.1, -0.05) is 0 Å². The van der Waals surface area contributed by atoms with Crippen LogP contribution in [0.4, 0.5) is 4.39 Å². The van der Waals surface area contributed by atoms with E-state index in [1.165, 1.54) is 12.1 Å². The largest absolute Gasteiger partial charge is 0.457 e. The number of hydrogen-bond donors (Lipinski definition) is 1. The van der Waals surface area contributed by atoms with Crippen LogP contribution in [0.1, 0.15) is 12.5 Å². The summed E-state index contributed by atoms with van der Waals surface area (Å²) in [6.45, 7) is 3.09. The highest BCUT2D eigenvalue weighted by Gasteiger charge is 2.07. The lowest BCUT2D eigenvalue weighted by Gasteiger charge is -2.10. The zero-order chi connectivity index (χ0) is 14.8. The lowest BCUT2D eigenvalue weighted by atomic mass is 10.2. The number of fused-ring (bicyclic) bond motifs is 1. The van der Waals surface area contributed by atoms with Gasteiger partial charge in [0, 0.05) is 24.0 Å². The van der Waals surface area contributed by atoms with E-state index in [0.29, 0.717) is 17.1 Å². The molecule has 0 aliphatic rings. The lowest BCUT2D eigenvalue weighted by Crippen LogP contribution is -2.00. The molecule has 0 amide bonds. The Morgan fingerprint density at radius 1 is 1.24 bits per heavy atom. The highest BCUT2D eigenvalue weighted by molar-refractivity contribution is 5.80. The van der Waals surface area contributed by atoms with E-state index in [4.69, 9.17) is 10.5 Å². The van der Waals surface area contributed by atoms with Crippen molar-refractivity contribution in [3.63, 3.8) is 0 Å². The van der Waals surface area contributed by atoms with Gasteiger partial charge in [-0.05, 0) is 43.3 Å². The predicted octanol–water partition coefficient (Wildman–Crippen LogP) is 3.45. The third-order valence-electron chi connectivity index (χ3n) is 3.38. The first-order valence-corrected chi connectivity index (χ1v) is 6.83. The van der Waals surface area contributed by atoms with Crippen molar-refractivity contribution in [2.45, 2.75) is 20.0 Å². The molecule has 1 heterocycles. The van der Waals surface area contributed by atoms with E-state index in [0.717, 1.165) is 17.4 Å². The Labute approximate surface area is 121 Å². The first-order valence-electron chi connectivity index (χ1n) is 6.83.